The maximum atomic E-state index is 12.9. The van der Waals surface area contributed by atoms with Crippen LogP contribution < -0.4 is 5.32 Å². The molecule has 1 amide bonds. The molecule has 35 heavy (non-hydrogen) atoms. The number of carbonyl (C=O) groups excluding carboxylic acids is 1. The molecule has 0 aliphatic carbocycles. The first-order valence-electron chi connectivity index (χ1n) is 11.1. The Hall–Kier alpha value is -4.21. The van der Waals surface area contributed by atoms with Crippen molar-refractivity contribution in [1.29, 1.82) is 5.26 Å². The van der Waals surface area contributed by atoms with Crippen LogP contribution >= 0.6 is 11.6 Å². The van der Waals surface area contributed by atoms with Gasteiger partial charge in [0, 0.05) is 52.9 Å². The summed E-state index contributed by atoms with van der Waals surface area (Å²) in [5, 5.41) is 15.0. The number of aromatic amines is 1. The van der Waals surface area contributed by atoms with E-state index < -0.39 is 0 Å². The van der Waals surface area contributed by atoms with Crippen LogP contribution in [0.3, 0.4) is 0 Å². The molecule has 4 rings (SSSR count). The number of amides is 1. The largest absolute Gasteiger partial charge is 0.360 e. The van der Waals surface area contributed by atoms with Crippen molar-refractivity contribution in [3.8, 4) is 6.07 Å². The number of fused-ring (bicyclic) bond motifs is 2. The Labute approximate surface area is 208 Å². The molecule has 7 heteroatoms. The SMILES string of the molecule is C=N/C(=C\C(=C/C)C(=O)NCc1ccc2[nH]cc(Cl)c2c1)Cc1cc(C#N)c2ncc(C)cc2c1. The van der Waals surface area contributed by atoms with Crippen molar-refractivity contribution in [3.05, 3.63) is 99.5 Å². The van der Waals surface area contributed by atoms with Crippen molar-refractivity contribution in [1.82, 2.24) is 15.3 Å². The Kier molecular flexibility index (Phi) is 7.09. The summed E-state index contributed by atoms with van der Waals surface area (Å²) in [5.41, 5.74) is 6.08. The van der Waals surface area contributed by atoms with E-state index in [-0.39, 0.29) is 5.91 Å². The van der Waals surface area contributed by atoms with Gasteiger partial charge < -0.3 is 10.3 Å². The van der Waals surface area contributed by atoms with E-state index >= 15 is 0 Å². The van der Waals surface area contributed by atoms with Gasteiger partial charge in [0.2, 0.25) is 0 Å². The maximum absolute atomic E-state index is 12.9. The second-order valence-electron chi connectivity index (χ2n) is 8.25. The lowest BCUT2D eigenvalue weighted by molar-refractivity contribution is -0.117. The van der Waals surface area contributed by atoms with E-state index in [1.165, 1.54) is 0 Å². The number of halogens is 1. The van der Waals surface area contributed by atoms with Crippen molar-refractivity contribution >= 4 is 46.0 Å². The van der Waals surface area contributed by atoms with Gasteiger partial charge in [-0.05, 0) is 73.7 Å². The number of nitriles is 1. The van der Waals surface area contributed by atoms with Gasteiger partial charge in [0.25, 0.3) is 5.91 Å². The molecule has 174 valence electrons. The molecule has 0 saturated heterocycles. The summed E-state index contributed by atoms with van der Waals surface area (Å²) >= 11 is 6.21. The Bertz CT molecular complexity index is 1560. The zero-order chi connectivity index (χ0) is 24.9. The summed E-state index contributed by atoms with van der Waals surface area (Å²) in [4.78, 5) is 24.5. The van der Waals surface area contributed by atoms with Crippen molar-refractivity contribution in [2.75, 3.05) is 0 Å². The van der Waals surface area contributed by atoms with Crippen LogP contribution in [-0.4, -0.2) is 22.6 Å². The average Bonchev–Trinajstić information content (AvgIpc) is 3.24. The van der Waals surface area contributed by atoms with Gasteiger partial charge in [0.15, 0.2) is 0 Å². The molecule has 6 nitrogen and oxygen atoms in total. The molecule has 0 atom stereocenters. The number of aliphatic imine (C=N–C) groups is 1. The Morgan fingerprint density at radius 1 is 1.29 bits per heavy atom. The van der Waals surface area contributed by atoms with E-state index in [9.17, 15) is 10.1 Å². The van der Waals surface area contributed by atoms with Crippen molar-refractivity contribution in [2.45, 2.75) is 26.8 Å². The van der Waals surface area contributed by atoms with Crippen LogP contribution in [0, 0.1) is 18.3 Å². The fourth-order valence-electron chi connectivity index (χ4n) is 3.96. The highest BCUT2D eigenvalue weighted by Crippen LogP contribution is 2.24. The number of nitrogens with zero attached hydrogens (tertiary/aromatic N) is 3. The number of benzene rings is 2. The van der Waals surface area contributed by atoms with E-state index in [0.717, 1.165) is 33.0 Å². The Morgan fingerprint density at radius 2 is 2.11 bits per heavy atom. The first-order valence-corrected chi connectivity index (χ1v) is 11.5. The van der Waals surface area contributed by atoms with Crippen molar-refractivity contribution in [2.24, 2.45) is 4.99 Å². The van der Waals surface area contributed by atoms with E-state index in [1.54, 1.807) is 37.5 Å². The third-order valence-corrected chi connectivity index (χ3v) is 6.05. The molecule has 0 saturated carbocycles. The second-order valence-corrected chi connectivity index (χ2v) is 8.66. The number of nitrogens with one attached hydrogen (secondary N) is 2. The monoisotopic (exact) mass is 481 g/mol. The van der Waals surface area contributed by atoms with Crippen LogP contribution in [-0.2, 0) is 17.8 Å². The zero-order valence-corrected chi connectivity index (χ0v) is 20.3. The fraction of sp³-hybridized carbons (Fsp3) is 0.143. The molecule has 2 aromatic carbocycles. The van der Waals surface area contributed by atoms with Crippen molar-refractivity contribution in [3.63, 3.8) is 0 Å². The van der Waals surface area contributed by atoms with Gasteiger partial charge in [-0.1, -0.05) is 23.7 Å². The van der Waals surface area contributed by atoms with Crippen LogP contribution in [0.1, 0.15) is 29.2 Å². The summed E-state index contributed by atoms with van der Waals surface area (Å²) in [7, 11) is 0. The maximum Gasteiger partial charge on any atom is 0.251 e. The number of aromatic nitrogens is 2. The predicted octanol–water partition coefficient (Wildman–Crippen LogP) is 5.94. The predicted molar refractivity (Wildman–Crippen MR) is 141 cm³/mol. The topological polar surface area (TPSA) is 93.9 Å². The number of carbonyl (C=O) groups is 1. The van der Waals surface area contributed by atoms with Gasteiger partial charge in [-0.15, -0.1) is 0 Å². The number of aryl methyl sites for hydroxylation is 1. The van der Waals surface area contributed by atoms with Gasteiger partial charge in [-0.25, -0.2) is 0 Å². The summed E-state index contributed by atoms with van der Waals surface area (Å²) in [6, 6.07) is 13.9. The molecule has 0 aliphatic heterocycles. The van der Waals surface area contributed by atoms with E-state index in [4.69, 9.17) is 11.6 Å². The number of H-pyrrole nitrogens is 1. The molecular formula is C28H24ClN5O. The number of hydrogen-bond donors (Lipinski definition) is 2. The molecule has 0 radical (unpaired) electrons. The average molecular weight is 482 g/mol. The summed E-state index contributed by atoms with van der Waals surface area (Å²) in [6.45, 7) is 7.80. The quantitative estimate of drug-likeness (QED) is 0.194. The second kappa shape index (κ2) is 10.4. The standard InChI is InChI=1S/C28H24ClN5O/c1-4-20(28(35)34-15-18-5-6-26-24(11-18)25(29)16-32-26)12-23(31-3)10-19-8-21-7-17(2)14-33-27(21)22(9-19)13-30/h4-9,11-12,14,16,32H,3,10,15H2,1-2H3,(H,34,35)/b20-4+,23-12-. The number of hydrogen-bond acceptors (Lipinski definition) is 4. The van der Waals surface area contributed by atoms with Crippen LogP contribution in [0.15, 0.2) is 77.2 Å². The molecule has 2 aromatic heterocycles. The van der Waals surface area contributed by atoms with E-state index in [2.05, 4.69) is 33.1 Å². The molecule has 0 fully saturated rings. The Balaban J connectivity index is 1.51. The number of pyridine rings is 1. The fourth-order valence-corrected chi connectivity index (χ4v) is 4.17. The van der Waals surface area contributed by atoms with Gasteiger partial charge in [-0.3, -0.25) is 14.8 Å². The van der Waals surface area contributed by atoms with Crippen LogP contribution in [0.2, 0.25) is 5.02 Å². The third kappa shape index (κ3) is 5.32. The zero-order valence-electron chi connectivity index (χ0n) is 19.5. The van der Waals surface area contributed by atoms with E-state index in [0.29, 0.717) is 40.3 Å². The summed E-state index contributed by atoms with van der Waals surface area (Å²) in [6.07, 6.45) is 7.38. The van der Waals surface area contributed by atoms with E-state index in [1.807, 2.05) is 37.3 Å². The minimum atomic E-state index is -0.218. The highest BCUT2D eigenvalue weighted by atomic mass is 35.5. The van der Waals surface area contributed by atoms with Gasteiger partial charge >= 0.3 is 0 Å². The molecule has 0 unspecified atom stereocenters. The molecule has 2 N–H and O–H groups in total. The summed E-state index contributed by atoms with van der Waals surface area (Å²) < 4.78 is 0. The number of rotatable bonds is 7. The van der Waals surface area contributed by atoms with Crippen LogP contribution in [0.4, 0.5) is 0 Å². The molecule has 0 spiro atoms. The van der Waals surface area contributed by atoms with Crippen LogP contribution in [0.25, 0.3) is 21.8 Å². The van der Waals surface area contributed by atoms with Gasteiger partial charge in [0.05, 0.1) is 16.1 Å². The lowest BCUT2D eigenvalue weighted by Crippen LogP contribution is -2.24. The third-order valence-electron chi connectivity index (χ3n) is 5.73. The van der Waals surface area contributed by atoms with Crippen molar-refractivity contribution < 1.29 is 4.79 Å². The Morgan fingerprint density at radius 3 is 2.86 bits per heavy atom. The number of allylic oxidation sites excluding steroid dienone is 2. The molecule has 4 aromatic rings. The molecular weight excluding hydrogens is 458 g/mol. The minimum Gasteiger partial charge on any atom is -0.360 e. The van der Waals surface area contributed by atoms with Gasteiger partial charge in [0.1, 0.15) is 6.07 Å². The highest BCUT2D eigenvalue weighted by molar-refractivity contribution is 6.35. The first-order chi connectivity index (χ1) is 16.9. The smallest absolute Gasteiger partial charge is 0.251 e. The lowest BCUT2D eigenvalue weighted by Gasteiger charge is -2.09. The normalized spacial score (nSPS) is 12.1. The molecule has 2 heterocycles. The highest BCUT2D eigenvalue weighted by Gasteiger charge is 2.11. The minimum absolute atomic E-state index is 0.218. The lowest BCUT2D eigenvalue weighted by atomic mass is 10.0. The van der Waals surface area contributed by atoms with Gasteiger partial charge in [-0.2, -0.15) is 5.26 Å². The molecule has 0 aliphatic rings. The molecule has 0 bridgehead atoms. The summed E-state index contributed by atoms with van der Waals surface area (Å²) in [5.74, 6) is -0.218. The first kappa shape index (κ1) is 23.9. The van der Waals surface area contributed by atoms with Crippen LogP contribution in [0.5, 0.6) is 0 Å².